The van der Waals surface area contributed by atoms with Crippen LogP contribution >= 0.6 is 12.2 Å². The summed E-state index contributed by atoms with van der Waals surface area (Å²) in [6, 6.07) is 18.7. The van der Waals surface area contributed by atoms with Crippen LogP contribution in [0, 0.1) is 5.41 Å². The van der Waals surface area contributed by atoms with E-state index >= 15 is 0 Å². The third-order valence-electron chi connectivity index (χ3n) is 4.26. The molecule has 1 fully saturated rings. The molecular weight excluding hydrogens is 348 g/mol. The number of carbonyl (C=O) groups is 2. The van der Waals surface area contributed by atoms with Crippen LogP contribution in [0.2, 0.25) is 0 Å². The normalized spacial score (nSPS) is 18.4. The Hall–Kier alpha value is -3.25. The van der Waals surface area contributed by atoms with Gasteiger partial charge >= 0.3 is 0 Å². The zero-order valence-electron chi connectivity index (χ0n) is 13.6. The van der Waals surface area contributed by atoms with Gasteiger partial charge < -0.3 is 15.4 Å². The standard InChI is InChI=1S/C20H14N2O3S/c23-17-20(18(24)22-19(26)21-17)11-15(13-7-3-1-4-8-13)25-16(12-20)14-9-5-2-6-10-14/h1-12H,(H2,21,22,23,24,26). The van der Waals surface area contributed by atoms with Gasteiger partial charge in [-0.15, -0.1) is 0 Å². The van der Waals surface area contributed by atoms with Crippen LogP contribution in [0.5, 0.6) is 0 Å². The molecule has 2 aliphatic heterocycles. The highest BCUT2D eigenvalue weighted by atomic mass is 32.1. The maximum Gasteiger partial charge on any atom is 0.249 e. The second kappa shape index (κ2) is 6.24. The van der Waals surface area contributed by atoms with Gasteiger partial charge in [0.2, 0.25) is 11.8 Å². The number of amides is 2. The first-order valence-corrected chi connectivity index (χ1v) is 8.40. The Morgan fingerprint density at radius 1 is 0.731 bits per heavy atom. The fourth-order valence-corrected chi connectivity index (χ4v) is 3.12. The molecule has 0 unspecified atom stereocenters. The first-order chi connectivity index (χ1) is 12.6. The summed E-state index contributed by atoms with van der Waals surface area (Å²) in [5, 5.41) is 5.06. The van der Waals surface area contributed by atoms with Crippen molar-refractivity contribution in [3.63, 3.8) is 0 Å². The van der Waals surface area contributed by atoms with Crippen molar-refractivity contribution in [1.82, 2.24) is 10.6 Å². The number of carbonyl (C=O) groups excluding carboxylic acids is 2. The number of benzene rings is 2. The Bertz CT molecular complexity index is 888. The maximum atomic E-state index is 12.7. The van der Waals surface area contributed by atoms with Crippen molar-refractivity contribution in [3.8, 4) is 0 Å². The second-order valence-corrected chi connectivity index (χ2v) is 6.37. The molecular formula is C20H14N2O3S. The van der Waals surface area contributed by atoms with E-state index < -0.39 is 17.2 Å². The third kappa shape index (κ3) is 2.70. The molecule has 4 rings (SSSR count). The fraction of sp³-hybridized carbons (Fsp3) is 0.0500. The lowest BCUT2D eigenvalue weighted by Crippen LogP contribution is -2.61. The van der Waals surface area contributed by atoms with E-state index in [1.165, 1.54) is 12.2 Å². The number of hydrogen-bond acceptors (Lipinski definition) is 4. The minimum atomic E-state index is -1.53. The van der Waals surface area contributed by atoms with Crippen LogP contribution in [-0.2, 0) is 14.3 Å². The molecule has 1 saturated heterocycles. The van der Waals surface area contributed by atoms with Gasteiger partial charge in [-0.3, -0.25) is 9.59 Å². The number of ether oxygens (including phenoxy) is 1. The first-order valence-electron chi connectivity index (χ1n) is 8.00. The number of nitrogens with one attached hydrogen (secondary N) is 2. The molecule has 6 heteroatoms. The summed E-state index contributed by atoms with van der Waals surface area (Å²) in [5.41, 5.74) is 0.000927. The lowest BCUT2D eigenvalue weighted by molar-refractivity contribution is -0.137. The van der Waals surface area contributed by atoms with E-state index in [9.17, 15) is 9.59 Å². The molecule has 128 valence electrons. The second-order valence-electron chi connectivity index (χ2n) is 5.96. The fourth-order valence-electron chi connectivity index (χ4n) is 2.93. The van der Waals surface area contributed by atoms with E-state index in [1.807, 2.05) is 60.7 Å². The molecule has 0 aliphatic carbocycles. The zero-order valence-corrected chi connectivity index (χ0v) is 14.4. The zero-order chi connectivity index (χ0) is 18.1. The Morgan fingerprint density at radius 2 is 1.15 bits per heavy atom. The van der Waals surface area contributed by atoms with Crippen LogP contribution in [0.3, 0.4) is 0 Å². The summed E-state index contributed by atoms with van der Waals surface area (Å²) < 4.78 is 6.04. The van der Waals surface area contributed by atoms with Crippen molar-refractivity contribution in [2.75, 3.05) is 0 Å². The van der Waals surface area contributed by atoms with Gasteiger partial charge in [0.25, 0.3) is 0 Å². The summed E-state index contributed by atoms with van der Waals surface area (Å²) in [7, 11) is 0. The highest BCUT2D eigenvalue weighted by molar-refractivity contribution is 7.80. The van der Waals surface area contributed by atoms with Crippen LogP contribution in [-0.4, -0.2) is 16.9 Å². The highest BCUT2D eigenvalue weighted by Gasteiger charge is 2.49. The van der Waals surface area contributed by atoms with Gasteiger partial charge in [0, 0.05) is 11.1 Å². The van der Waals surface area contributed by atoms with E-state index in [4.69, 9.17) is 17.0 Å². The van der Waals surface area contributed by atoms with Crippen LogP contribution in [0.25, 0.3) is 11.5 Å². The monoisotopic (exact) mass is 362 g/mol. The van der Waals surface area contributed by atoms with Gasteiger partial charge in [0.05, 0.1) is 0 Å². The van der Waals surface area contributed by atoms with Gasteiger partial charge in [-0.05, 0) is 24.4 Å². The summed E-state index contributed by atoms with van der Waals surface area (Å²) in [6.45, 7) is 0. The van der Waals surface area contributed by atoms with Gasteiger partial charge in [-0.25, -0.2) is 0 Å². The van der Waals surface area contributed by atoms with Crippen molar-refractivity contribution in [2.24, 2.45) is 5.41 Å². The minimum absolute atomic E-state index is 0.00133. The summed E-state index contributed by atoms with van der Waals surface area (Å²) in [4.78, 5) is 25.5. The van der Waals surface area contributed by atoms with E-state index in [1.54, 1.807) is 0 Å². The lowest BCUT2D eigenvalue weighted by Gasteiger charge is -2.34. The quantitative estimate of drug-likeness (QED) is 0.637. The minimum Gasteiger partial charge on any atom is -0.457 e. The molecule has 26 heavy (non-hydrogen) atoms. The Labute approximate surface area is 155 Å². The molecule has 5 nitrogen and oxygen atoms in total. The predicted molar refractivity (Wildman–Crippen MR) is 101 cm³/mol. The molecule has 2 heterocycles. The summed E-state index contributed by atoms with van der Waals surface area (Å²) in [5.74, 6) is -0.136. The average molecular weight is 362 g/mol. The van der Waals surface area contributed by atoms with Crippen LogP contribution < -0.4 is 10.6 Å². The van der Waals surface area contributed by atoms with Crippen molar-refractivity contribution in [2.45, 2.75) is 0 Å². The molecule has 2 aliphatic rings. The third-order valence-corrected chi connectivity index (χ3v) is 4.46. The molecule has 2 aromatic rings. The Morgan fingerprint density at radius 3 is 1.58 bits per heavy atom. The Balaban J connectivity index is 1.89. The van der Waals surface area contributed by atoms with E-state index in [-0.39, 0.29) is 5.11 Å². The average Bonchev–Trinajstić information content (AvgIpc) is 2.67. The van der Waals surface area contributed by atoms with Gasteiger partial charge in [-0.2, -0.15) is 0 Å². The first kappa shape index (κ1) is 16.2. The van der Waals surface area contributed by atoms with Crippen LogP contribution in [0.4, 0.5) is 0 Å². The van der Waals surface area contributed by atoms with Crippen molar-refractivity contribution < 1.29 is 14.3 Å². The van der Waals surface area contributed by atoms with Crippen molar-refractivity contribution in [1.29, 1.82) is 0 Å². The molecule has 2 aromatic carbocycles. The van der Waals surface area contributed by atoms with E-state index in [2.05, 4.69) is 10.6 Å². The molecule has 1 spiro atoms. The Kier molecular flexibility index (Phi) is 3.89. The number of rotatable bonds is 2. The van der Waals surface area contributed by atoms with Crippen molar-refractivity contribution in [3.05, 3.63) is 83.9 Å². The van der Waals surface area contributed by atoms with Gasteiger partial charge in [0.1, 0.15) is 11.5 Å². The number of hydrogen-bond donors (Lipinski definition) is 2. The van der Waals surface area contributed by atoms with Gasteiger partial charge in [-0.1, -0.05) is 60.7 Å². The van der Waals surface area contributed by atoms with Crippen LogP contribution in [0.15, 0.2) is 72.8 Å². The largest absolute Gasteiger partial charge is 0.457 e. The molecule has 0 aromatic heterocycles. The maximum absolute atomic E-state index is 12.7. The molecule has 0 bridgehead atoms. The summed E-state index contributed by atoms with van der Waals surface area (Å²) >= 11 is 4.92. The molecule has 0 atom stereocenters. The van der Waals surface area contributed by atoms with Crippen LogP contribution in [0.1, 0.15) is 11.1 Å². The predicted octanol–water partition coefficient (Wildman–Crippen LogP) is 2.62. The molecule has 0 saturated carbocycles. The van der Waals surface area contributed by atoms with Crippen molar-refractivity contribution >= 4 is 40.7 Å². The lowest BCUT2D eigenvalue weighted by atomic mass is 9.80. The number of thiocarbonyl (C=S) groups is 1. The molecule has 2 amide bonds. The highest BCUT2D eigenvalue weighted by Crippen LogP contribution is 2.39. The van der Waals surface area contributed by atoms with E-state index in [0.29, 0.717) is 11.5 Å². The van der Waals surface area contributed by atoms with E-state index in [0.717, 1.165) is 11.1 Å². The summed E-state index contributed by atoms with van der Waals surface area (Å²) in [6.07, 6.45) is 3.06. The SMILES string of the molecule is O=C1NC(=S)NC(=O)C12C=C(c1ccccc1)OC(c1ccccc1)=C2. The molecule has 2 N–H and O–H groups in total. The molecule has 0 radical (unpaired) electrons. The van der Waals surface area contributed by atoms with Gasteiger partial charge in [0.15, 0.2) is 10.5 Å². The smallest absolute Gasteiger partial charge is 0.249 e. The topological polar surface area (TPSA) is 67.4 Å².